The minimum absolute atomic E-state index is 0.114. The fourth-order valence-corrected chi connectivity index (χ4v) is 3.41. The third kappa shape index (κ3) is 4.90. The van der Waals surface area contributed by atoms with Crippen molar-refractivity contribution in [1.82, 2.24) is 9.62 Å². The molecule has 0 bridgehead atoms. The molecule has 0 heterocycles. The van der Waals surface area contributed by atoms with Crippen molar-refractivity contribution >= 4 is 15.9 Å². The van der Waals surface area contributed by atoms with Crippen LogP contribution in [0.4, 0.5) is 0 Å². The first-order valence-corrected chi connectivity index (χ1v) is 9.62. The summed E-state index contributed by atoms with van der Waals surface area (Å²) in [4.78, 5) is 12.4. The predicted molar refractivity (Wildman–Crippen MR) is 99.1 cm³/mol. The highest BCUT2D eigenvalue weighted by Crippen LogP contribution is 2.18. The molecule has 0 aliphatic heterocycles. The van der Waals surface area contributed by atoms with Crippen LogP contribution in [0.2, 0.25) is 0 Å². The zero-order chi connectivity index (χ0) is 18.4. The van der Waals surface area contributed by atoms with Gasteiger partial charge in [-0.25, -0.2) is 12.7 Å². The number of hydrogen-bond acceptors (Lipinski definition) is 3. The van der Waals surface area contributed by atoms with Crippen LogP contribution in [0.5, 0.6) is 0 Å². The quantitative estimate of drug-likeness (QED) is 0.826. The Labute approximate surface area is 149 Å². The molecule has 1 amide bonds. The van der Waals surface area contributed by atoms with Crippen LogP contribution in [-0.4, -0.2) is 39.3 Å². The molecule has 1 N–H and O–H groups in total. The van der Waals surface area contributed by atoms with Gasteiger partial charge in [0.2, 0.25) is 10.0 Å². The van der Waals surface area contributed by atoms with Gasteiger partial charge >= 0.3 is 0 Å². The molecular formula is C19H24N2O3S. The molecule has 2 aromatic carbocycles. The summed E-state index contributed by atoms with van der Waals surface area (Å²) in [6, 6.07) is 16.2. The minimum Gasteiger partial charge on any atom is -0.352 e. The monoisotopic (exact) mass is 360 g/mol. The van der Waals surface area contributed by atoms with Crippen molar-refractivity contribution in [2.75, 3.05) is 20.6 Å². The predicted octanol–water partition coefficient (Wildman–Crippen LogP) is 2.86. The van der Waals surface area contributed by atoms with Gasteiger partial charge in [-0.05, 0) is 36.1 Å². The lowest BCUT2D eigenvalue weighted by atomic mass is 9.98. The van der Waals surface area contributed by atoms with Gasteiger partial charge < -0.3 is 5.32 Å². The number of amides is 1. The summed E-state index contributed by atoms with van der Waals surface area (Å²) in [6.07, 6.45) is 0.811. The number of hydrogen-bond donors (Lipinski definition) is 1. The van der Waals surface area contributed by atoms with E-state index in [-0.39, 0.29) is 10.8 Å². The van der Waals surface area contributed by atoms with E-state index in [0.717, 1.165) is 10.7 Å². The minimum atomic E-state index is -3.55. The molecule has 5 nitrogen and oxygen atoms in total. The van der Waals surface area contributed by atoms with Crippen LogP contribution in [0.3, 0.4) is 0 Å². The fourth-order valence-electron chi connectivity index (χ4n) is 2.46. The first-order chi connectivity index (χ1) is 11.8. The molecule has 0 spiro atoms. The highest BCUT2D eigenvalue weighted by molar-refractivity contribution is 7.89. The number of rotatable bonds is 7. The van der Waals surface area contributed by atoms with Crippen LogP contribution in [-0.2, 0) is 10.0 Å². The van der Waals surface area contributed by atoms with Crippen LogP contribution in [0.25, 0.3) is 0 Å². The third-order valence-corrected chi connectivity index (χ3v) is 5.92. The molecule has 134 valence electrons. The summed E-state index contributed by atoms with van der Waals surface area (Å²) in [5.74, 6) is 0.0676. The van der Waals surface area contributed by atoms with Crippen molar-refractivity contribution in [3.8, 4) is 0 Å². The summed E-state index contributed by atoms with van der Waals surface area (Å²) in [5, 5.41) is 2.86. The molecule has 2 aromatic rings. The molecule has 0 aromatic heterocycles. The molecule has 0 saturated heterocycles. The number of nitrogens with zero attached hydrogens (tertiary/aromatic N) is 1. The number of carbonyl (C=O) groups excluding carboxylic acids is 1. The van der Waals surface area contributed by atoms with Crippen molar-refractivity contribution in [3.63, 3.8) is 0 Å². The number of benzene rings is 2. The molecule has 0 saturated carbocycles. The van der Waals surface area contributed by atoms with Crippen molar-refractivity contribution in [2.45, 2.75) is 24.2 Å². The van der Waals surface area contributed by atoms with Crippen LogP contribution in [0, 0.1) is 0 Å². The second-order valence-corrected chi connectivity index (χ2v) is 8.32. The molecule has 25 heavy (non-hydrogen) atoms. The lowest BCUT2D eigenvalue weighted by Gasteiger charge is -2.14. The number of carbonyl (C=O) groups is 1. The lowest BCUT2D eigenvalue weighted by molar-refractivity contribution is 0.0952. The summed E-state index contributed by atoms with van der Waals surface area (Å²) in [5.41, 5.74) is 1.58. The van der Waals surface area contributed by atoms with Crippen LogP contribution >= 0.6 is 0 Å². The van der Waals surface area contributed by atoms with Crippen LogP contribution in [0.15, 0.2) is 59.5 Å². The standard InChI is InChI=1S/C19H24N2O3S/c1-15(16-8-5-4-6-9-16)12-13-20-19(22)17-10-7-11-18(14-17)25(23,24)21(2)3/h4-11,14-15H,12-13H2,1-3H3,(H,20,22). The molecule has 1 atom stereocenters. The Balaban J connectivity index is 1.98. The van der Waals surface area contributed by atoms with Gasteiger partial charge in [0.1, 0.15) is 0 Å². The van der Waals surface area contributed by atoms with E-state index in [1.54, 1.807) is 12.1 Å². The maximum Gasteiger partial charge on any atom is 0.251 e. The highest BCUT2D eigenvalue weighted by Gasteiger charge is 2.18. The average Bonchev–Trinajstić information content (AvgIpc) is 2.62. The first-order valence-electron chi connectivity index (χ1n) is 8.18. The fraction of sp³-hybridized carbons (Fsp3) is 0.316. The normalized spacial score (nSPS) is 12.8. The molecule has 1 unspecified atom stereocenters. The molecular weight excluding hydrogens is 336 g/mol. The number of nitrogens with one attached hydrogen (secondary N) is 1. The van der Waals surface area contributed by atoms with Gasteiger partial charge in [0.15, 0.2) is 0 Å². The van der Waals surface area contributed by atoms with Crippen LogP contribution < -0.4 is 5.32 Å². The molecule has 2 rings (SSSR count). The van der Waals surface area contributed by atoms with E-state index in [9.17, 15) is 13.2 Å². The van der Waals surface area contributed by atoms with Crippen molar-refractivity contribution in [1.29, 1.82) is 0 Å². The van der Waals surface area contributed by atoms with E-state index in [2.05, 4.69) is 24.4 Å². The van der Waals surface area contributed by atoms with Gasteiger partial charge in [0.25, 0.3) is 5.91 Å². The third-order valence-electron chi connectivity index (χ3n) is 4.11. The summed E-state index contributed by atoms with van der Waals surface area (Å²) in [6.45, 7) is 2.64. The van der Waals surface area contributed by atoms with Gasteiger partial charge in [-0.2, -0.15) is 0 Å². The zero-order valence-electron chi connectivity index (χ0n) is 14.8. The van der Waals surface area contributed by atoms with Gasteiger partial charge in [-0.3, -0.25) is 4.79 Å². The molecule has 0 aliphatic rings. The Morgan fingerprint density at radius 1 is 1.08 bits per heavy atom. The van der Waals surface area contributed by atoms with Gasteiger partial charge in [-0.1, -0.05) is 43.3 Å². The van der Waals surface area contributed by atoms with E-state index in [1.165, 1.54) is 31.8 Å². The van der Waals surface area contributed by atoms with E-state index in [1.807, 2.05) is 18.2 Å². The smallest absolute Gasteiger partial charge is 0.251 e. The molecule has 0 aliphatic carbocycles. The summed E-state index contributed by atoms with van der Waals surface area (Å²) >= 11 is 0. The molecule has 6 heteroatoms. The Hall–Kier alpha value is -2.18. The van der Waals surface area contributed by atoms with E-state index in [4.69, 9.17) is 0 Å². The lowest BCUT2D eigenvalue weighted by Crippen LogP contribution is -2.26. The van der Waals surface area contributed by atoms with Crippen molar-refractivity contribution in [2.24, 2.45) is 0 Å². The highest BCUT2D eigenvalue weighted by atomic mass is 32.2. The topological polar surface area (TPSA) is 66.5 Å². The van der Waals surface area contributed by atoms with Crippen molar-refractivity contribution in [3.05, 3.63) is 65.7 Å². The second-order valence-electron chi connectivity index (χ2n) is 6.17. The van der Waals surface area contributed by atoms with E-state index < -0.39 is 10.0 Å². The van der Waals surface area contributed by atoms with Gasteiger partial charge in [0, 0.05) is 26.2 Å². The van der Waals surface area contributed by atoms with E-state index in [0.29, 0.717) is 18.0 Å². The SMILES string of the molecule is CC(CCNC(=O)c1cccc(S(=O)(=O)N(C)C)c1)c1ccccc1. The first kappa shape index (κ1) is 19.1. The van der Waals surface area contributed by atoms with Gasteiger partial charge in [-0.15, -0.1) is 0 Å². The maximum atomic E-state index is 12.3. The second kappa shape index (κ2) is 8.27. The average molecular weight is 360 g/mol. The van der Waals surface area contributed by atoms with Gasteiger partial charge in [0.05, 0.1) is 4.90 Å². The summed E-state index contributed by atoms with van der Waals surface area (Å²) in [7, 11) is -0.619. The zero-order valence-corrected chi connectivity index (χ0v) is 15.6. The largest absolute Gasteiger partial charge is 0.352 e. The Kier molecular flexibility index (Phi) is 6.33. The molecule has 0 radical (unpaired) electrons. The maximum absolute atomic E-state index is 12.3. The molecule has 0 fully saturated rings. The van der Waals surface area contributed by atoms with Crippen molar-refractivity contribution < 1.29 is 13.2 Å². The summed E-state index contributed by atoms with van der Waals surface area (Å²) < 4.78 is 25.5. The Morgan fingerprint density at radius 2 is 1.76 bits per heavy atom. The van der Waals surface area contributed by atoms with E-state index >= 15 is 0 Å². The Morgan fingerprint density at radius 3 is 2.40 bits per heavy atom. The Bertz CT molecular complexity index is 818. The number of sulfonamides is 1. The van der Waals surface area contributed by atoms with Crippen LogP contribution in [0.1, 0.15) is 35.2 Å².